The maximum absolute atomic E-state index is 2.77. The van der Waals surface area contributed by atoms with Gasteiger partial charge in [0.2, 0.25) is 0 Å². The van der Waals surface area contributed by atoms with Crippen LogP contribution < -0.4 is 0 Å². The average Bonchev–Trinajstić information content (AvgIpc) is 2.94. The monoisotopic (exact) mass is 264 g/mol. The van der Waals surface area contributed by atoms with Crippen LogP contribution in [0.15, 0.2) is 0 Å². The van der Waals surface area contributed by atoms with Gasteiger partial charge in [0.15, 0.2) is 0 Å². The van der Waals surface area contributed by atoms with Gasteiger partial charge in [-0.1, -0.05) is 12.8 Å². The highest BCUT2D eigenvalue weighted by molar-refractivity contribution is 5.00. The van der Waals surface area contributed by atoms with E-state index in [9.17, 15) is 0 Å². The maximum Gasteiger partial charge on any atom is 0.0113 e. The molecule has 2 saturated heterocycles. The van der Waals surface area contributed by atoms with E-state index in [2.05, 4.69) is 30.6 Å². The highest BCUT2D eigenvalue weighted by Crippen LogP contribution is 2.46. The predicted molar refractivity (Wildman–Crippen MR) is 81.4 cm³/mol. The number of nitrogens with zero attached hydrogens (tertiary/aromatic N) is 2. The fourth-order valence-corrected chi connectivity index (χ4v) is 4.90. The van der Waals surface area contributed by atoms with Crippen LogP contribution in [0.5, 0.6) is 0 Å². The molecule has 3 aliphatic rings. The SMILES string of the molecule is CC(CC1CCCN1C(C)C)N1CC2(CCCC2)C1. The third-order valence-corrected chi connectivity index (χ3v) is 6.06. The molecule has 2 atom stereocenters. The van der Waals surface area contributed by atoms with Crippen LogP contribution in [0.1, 0.15) is 65.7 Å². The summed E-state index contributed by atoms with van der Waals surface area (Å²) in [5.74, 6) is 0. The van der Waals surface area contributed by atoms with Crippen LogP contribution in [0.3, 0.4) is 0 Å². The minimum absolute atomic E-state index is 0.734. The Morgan fingerprint density at radius 3 is 2.37 bits per heavy atom. The minimum Gasteiger partial charge on any atom is -0.299 e. The summed E-state index contributed by atoms with van der Waals surface area (Å²) in [5.41, 5.74) is 0.766. The lowest BCUT2D eigenvalue weighted by atomic mass is 9.77. The van der Waals surface area contributed by atoms with Gasteiger partial charge in [0, 0.05) is 31.2 Å². The number of rotatable bonds is 4. The van der Waals surface area contributed by atoms with Gasteiger partial charge in [-0.15, -0.1) is 0 Å². The molecule has 2 aliphatic heterocycles. The topological polar surface area (TPSA) is 6.48 Å². The third kappa shape index (κ3) is 2.71. The van der Waals surface area contributed by atoms with E-state index in [4.69, 9.17) is 0 Å². The van der Waals surface area contributed by atoms with Crippen molar-refractivity contribution < 1.29 is 0 Å². The first-order valence-electron chi connectivity index (χ1n) is 8.59. The summed E-state index contributed by atoms with van der Waals surface area (Å²) in [5, 5.41) is 0. The zero-order valence-electron chi connectivity index (χ0n) is 13.2. The van der Waals surface area contributed by atoms with Crippen LogP contribution in [0.4, 0.5) is 0 Å². The predicted octanol–water partition coefficient (Wildman–Crippen LogP) is 3.51. The van der Waals surface area contributed by atoms with Gasteiger partial charge in [-0.05, 0) is 64.8 Å². The normalized spacial score (nSPS) is 33.2. The maximum atomic E-state index is 2.77. The van der Waals surface area contributed by atoms with E-state index in [0.29, 0.717) is 0 Å². The van der Waals surface area contributed by atoms with Crippen molar-refractivity contribution in [2.75, 3.05) is 19.6 Å². The zero-order chi connectivity index (χ0) is 13.5. The second-order valence-corrected chi connectivity index (χ2v) is 7.82. The quantitative estimate of drug-likeness (QED) is 0.766. The van der Waals surface area contributed by atoms with Gasteiger partial charge in [-0.2, -0.15) is 0 Å². The molecule has 0 aromatic heterocycles. The van der Waals surface area contributed by atoms with E-state index < -0.39 is 0 Å². The Hall–Kier alpha value is -0.0800. The molecule has 0 amide bonds. The first-order chi connectivity index (χ1) is 9.10. The number of likely N-dealkylation sites (tertiary alicyclic amines) is 2. The van der Waals surface area contributed by atoms with Crippen molar-refractivity contribution >= 4 is 0 Å². The third-order valence-electron chi connectivity index (χ3n) is 6.06. The largest absolute Gasteiger partial charge is 0.299 e. The van der Waals surface area contributed by atoms with Gasteiger partial charge in [0.05, 0.1) is 0 Å². The summed E-state index contributed by atoms with van der Waals surface area (Å²) in [6.45, 7) is 11.3. The van der Waals surface area contributed by atoms with Crippen molar-refractivity contribution in [1.82, 2.24) is 9.80 Å². The standard InChI is InChI=1S/C17H32N2/c1-14(2)19-10-6-7-16(19)11-15(3)18-12-17(13-18)8-4-5-9-17/h14-16H,4-13H2,1-3H3. The summed E-state index contributed by atoms with van der Waals surface area (Å²) in [6.07, 6.45) is 10.3. The first-order valence-corrected chi connectivity index (χ1v) is 8.59. The summed E-state index contributed by atoms with van der Waals surface area (Å²) < 4.78 is 0. The van der Waals surface area contributed by atoms with Gasteiger partial charge >= 0.3 is 0 Å². The fraction of sp³-hybridized carbons (Fsp3) is 1.00. The molecule has 3 rings (SSSR count). The van der Waals surface area contributed by atoms with E-state index in [0.717, 1.165) is 23.5 Å². The Kier molecular flexibility index (Phi) is 3.92. The van der Waals surface area contributed by atoms with E-state index in [1.54, 1.807) is 0 Å². The summed E-state index contributed by atoms with van der Waals surface area (Å²) >= 11 is 0. The van der Waals surface area contributed by atoms with E-state index in [1.807, 2.05) is 0 Å². The molecule has 1 aliphatic carbocycles. The first kappa shape index (κ1) is 13.9. The van der Waals surface area contributed by atoms with Crippen LogP contribution in [-0.4, -0.2) is 47.6 Å². The summed E-state index contributed by atoms with van der Waals surface area (Å²) in [6, 6.07) is 2.39. The van der Waals surface area contributed by atoms with Crippen LogP contribution >= 0.6 is 0 Å². The molecule has 1 spiro atoms. The van der Waals surface area contributed by atoms with Gasteiger partial charge in [-0.3, -0.25) is 9.80 Å². The van der Waals surface area contributed by atoms with Crippen molar-refractivity contribution in [3.8, 4) is 0 Å². The van der Waals surface area contributed by atoms with E-state index >= 15 is 0 Å². The molecule has 2 heterocycles. The molecular formula is C17H32N2. The Morgan fingerprint density at radius 1 is 1.05 bits per heavy atom. The number of hydrogen-bond donors (Lipinski definition) is 0. The van der Waals surface area contributed by atoms with Gasteiger partial charge in [0.1, 0.15) is 0 Å². The van der Waals surface area contributed by atoms with E-state index in [-0.39, 0.29) is 0 Å². The van der Waals surface area contributed by atoms with Crippen molar-refractivity contribution in [2.24, 2.45) is 5.41 Å². The highest BCUT2D eigenvalue weighted by Gasteiger charge is 2.46. The lowest BCUT2D eigenvalue weighted by molar-refractivity contribution is -0.0302. The fourth-order valence-electron chi connectivity index (χ4n) is 4.90. The van der Waals surface area contributed by atoms with Gasteiger partial charge < -0.3 is 0 Å². The molecule has 0 aromatic carbocycles. The van der Waals surface area contributed by atoms with Crippen LogP contribution in [0.2, 0.25) is 0 Å². The van der Waals surface area contributed by atoms with Gasteiger partial charge in [-0.25, -0.2) is 0 Å². The molecule has 2 unspecified atom stereocenters. The van der Waals surface area contributed by atoms with Crippen molar-refractivity contribution in [2.45, 2.75) is 83.8 Å². The van der Waals surface area contributed by atoms with Crippen molar-refractivity contribution in [3.05, 3.63) is 0 Å². The molecular weight excluding hydrogens is 232 g/mol. The molecule has 19 heavy (non-hydrogen) atoms. The second-order valence-electron chi connectivity index (χ2n) is 7.82. The lowest BCUT2D eigenvalue weighted by Crippen LogP contribution is -2.58. The van der Waals surface area contributed by atoms with Crippen LogP contribution in [0.25, 0.3) is 0 Å². The Morgan fingerprint density at radius 2 is 1.74 bits per heavy atom. The molecule has 0 bridgehead atoms. The summed E-state index contributed by atoms with van der Waals surface area (Å²) in [7, 11) is 0. The van der Waals surface area contributed by atoms with Crippen LogP contribution in [-0.2, 0) is 0 Å². The van der Waals surface area contributed by atoms with E-state index in [1.165, 1.54) is 64.6 Å². The number of hydrogen-bond acceptors (Lipinski definition) is 2. The molecule has 2 heteroatoms. The molecule has 110 valence electrons. The zero-order valence-corrected chi connectivity index (χ0v) is 13.2. The lowest BCUT2D eigenvalue weighted by Gasteiger charge is -2.52. The van der Waals surface area contributed by atoms with Crippen molar-refractivity contribution in [3.63, 3.8) is 0 Å². The highest BCUT2D eigenvalue weighted by atomic mass is 15.3. The smallest absolute Gasteiger partial charge is 0.0113 e. The molecule has 2 nitrogen and oxygen atoms in total. The van der Waals surface area contributed by atoms with Crippen molar-refractivity contribution in [1.29, 1.82) is 0 Å². The molecule has 3 fully saturated rings. The average molecular weight is 264 g/mol. The molecule has 1 saturated carbocycles. The van der Waals surface area contributed by atoms with Gasteiger partial charge in [0.25, 0.3) is 0 Å². The Labute approximate surface area is 119 Å². The molecule has 0 N–H and O–H groups in total. The second kappa shape index (κ2) is 5.37. The minimum atomic E-state index is 0.734. The summed E-state index contributed by atoms with van der Waals surface area (Å²) in [4.78, 5) is 5.50. The molecule has 0 aromatic rings. The molecule has 0 radical (unpaired) electrons. The Bertz CT molecular complexity index is 298. The van der Waals surface area contributed by atoms with Crippen LogP contribution in [0, 0.1) is 5.41 Å². The Balaban J connectivity index is 1.48.